The second kappa shape index (κ2) is 9.12. The van der Waals surface area contributed by atoms with Crippen molar-refractivity contribution in [2.24, 2.45) is 0 Å². The van der Waals surface area contributed by atoms with Crippen LogP contribution in [0.5, 0.6) is 5.75 Å². The van der Waals surface area contributed by atoms with Gasteiger partial charge in [-0.25, -0.2) is 0 Å². The molecule has 1 amide bonds. The van der Waals surface area contributed by atoms with Gasteiger partial charge in [0.1, 0.15) is 5.75 Å². The first-order valence-corrected chi connectivity index (χ1v) is 10.0. The van der Waals surface area contributed by atoms with E-state index in [4.69, 9.17) is 20.8 Å². The highest BCUT2D eigenvalue weighted by Crippen LogP contribution is 2.32. The first kappa shape index (κ1) is 20.2. The van der Waals surface area contributed by atoms with E-state index in [0.717, 1.165) is 11.1 Å². The lowest BCUT2D eigenvalue weighted by molar-refractivity contribution is -0.115. The number of ether oxygens (including phenoxy) is 1. The van der Waals surface area contributed by atoms with E-state index >= 15 is 0 Å². The van der Waals surface area contributed by atoms with Crippen LogP contribution in [-0.2, 0) is 4.79 Å². The summed E-state index contributed by atoms with van der Waals surface area (Å²) < 4.78 is 11.3. The Morgan fingerprint density at radius 1 is 1.29 bits per heavy atom. The molecular weight excluding hydrogens is 398 g/mol. The van der Waals surface area contributed by atoms with Crippen LogP contribution in [0.2, 0.25) is 5.02 Å². The number of carbonyl (C=O) groups is 1. The molecule has 3 aromatic rings. The fourth-order valence-electron chi connectivity index (χ4n) is 2.46. The number of hydrogen-bond acceptors (Lipinski definition) is 6. The smallest absolute Gasteiger partial charge is 0.277 e. The summed E-state index contributed by atoms with van der Waals surface area (Å²) in [4.78, 5) is 12.5. The lowest BCUT2D eigenvalue weighted by atomic mass is 10.2. The summed E-state index contributed by atoms with van der Waals surface area (Å²) in [7, 11) is 0. The summed E-state index contributed by atoms with van der Waals surface area (Å²) in [6.07, 6.45) is 0. The highest BCUT2D eigenvalue weighted by molar-refractivity contribution is 8.00. The van der Waals surface area contributed by atoms with E-state index in [0.29, 0.717) is 34.2 Å². The molecule has 1 heterocycles. The maximum absolute atomic E-state index is 12.5. The molecule has 0 bridgehead atoms. The Bertz CT molecular complexity index is 977. The molecule has 1 N–H and O–H groups in total. The zero-order valence-electron chi connectivity index (χ0n) is 15.7. The van der Waals surface area contributed by atoms with Crippen molar-refractivity contribution in [2.75, 3.05) is 11.9 Å². The number of rotatable bonds is 7. The number of anilines is 1. The van der Waals surface area contributed by atoms with Crippen molar-refractivity contribution < 1.29 is 13.9 Å². The molecule has 0 aliphatic heterocycles. The third-order valence-electron chi connectivity index (χ3n) is 3.93. The number of nitrogens with one attached hydrogen (secondary N) is 1. The lowest BCUT2D eigenvalue weighted by Crippen LogP contribution is -2.22. The van der Waals surface area contributed by atoms with Crippen molar-refractivity contribution in [1.29, 1.82) is 0 Å². The molecule has 0 unspecified atom stereocenters. The van der Waals surface area contributed by atoms with Crippen molar-refractivity contribution in [2.45, 2.75) is 31.2 Å². The molecule has 0 aliphatic carbocycles. The Kier molecular flexibility index (Phi) is 6.59. The van der Waals surface area contributed by atoms with E-state index in [1.165, 1.54) is 11.8 Å². The number of thioether (sulfide) groups is 1. The zero-order valence-corrected chi connectivity index (χ0v) is 17.3. The molecule has 28 heavy (non-hydrogen) atoms. The first-order valence-electron chi connectivity index (χ1n) is 8.77. The third-order valence-corrected chi connectivity index (χ3v) is 5.10. The summed E-state index contributed by atoms with van der Waals surface area (Å²) in [5.41, 5.74) is 2.33. The number of nitrogens with zero attached hydrogens (tertiary/aromatic N) is 2. The van der Waals surface area contributed by atoms with Gasteiger partial charge in [0.15, 0.2) is 0 Å². The highest BCUT2D eigenvalue weighted by atomic mass is 35.5. The average molecular weight is 418 g/mol. The molecule has 0 saturated heterocycles. The van der Waals surface area contributed by atoms with Crippen LogP contribution >= 0.6 is 23.4 Å². The van der Waals surface area contributed by atoms with Gasteiger partial charge in [-0.2, -0.15) is 0 Å². The second-order valence-electron chi connectivity index (χ2n) is 6.01. The zero-order chi connectivity index (χ0) is 20.1. The highest BCUT2D eigenvalue weighted by Gasteiger charge is 2.20. The van der Waals surface area contributed by atoms with Crippen LogP contribution in [0.4, 0.5) is 5.69 Å². The molecule has 6 nitrogen and oxygen atoms in total. The SMILES string of the molecule is CCOc1ccccc1-c1nnc(S[C@@H](C)C(=O)Nc2cc(Cl)ccc2C)o1. The molecule has 0 spiro atoms. The molecule has 0 radical (unpaired) electrons. The summed E-state index contributed by atoms with van der Waals surface area (Å²) in [5.74, 6) is 0.849. The van der Waals surface area contributed by atoms with Gasteiger partial charge in [-0.15, -0.1) is 10.2 Å². The van der Waals surface area contributed by atoms with Gasteiger partial charge < -0.3 is 14.5 Å². The van der Waals surface area contributed by atoms with Crippen LogP contribution in [0.15, 0.2) is 52.1 Å². The van der Waals surface area contributed by atoms with Crippen LogP contribution in [0, 0.1) is 6.92 Å². The molecule has 0 saturated carbocycles. The molecule has 0 fully saturated rings. The topological polar surface area (TPSA) is 77.2 Å². The van der Waals surface area contributed by atoms with Crippen LogP contribution in [0.25, 0.3) is 11.5 Å². The molecular formula is C20H20ClN3O3S. The monoisotopic (exact) mass is 417 g/mol. The van der Waals surface area contributed by atoms with Crippen LogP contribution in [0.3, 0.4) is 0 Å². The number of halogens is 1. The van der Waals surface area contributed by atoms with Crippen molar-refractivity contribution in [3.63, 3.8) is 0 Å². The number of para-hydroxylation sites is 1. The van der Waals surface area contributed by atoms with E-state index in [-0.39, 0.29) is 5.91 Å². The Labute approximate surface area is 172 Å². The van der Waals surface area contributed by atoms with Gasteiger partial charge >= 0.3 is 0 Å². The van der Waals surface area contributed by atoms with Gasteiger partial charge in [0.2, 0.25) is 5.91 Å². The number of aromatic nitrogens is 2. The summed E-state index contributed by atoms with van der Waals surface area (Å²) in [5, 5.41) is 11.5. The largest absolute Gasteiger partial charge is 0.493 e. The summed E-state index contributed by atoms with van der Waals surface area (Å²) in [6, 6.07) is 12.8. The summed E-state index contributed by atoms with van der Waals surface area (Å²) in [6.45, 7) is 6.13. The molecule has 146 valence electrons. The molecule has 1 aromatic heterocycles. The predicted octanol–water partition coefficient (Wildman–Crippen LogP) is 5.22. The minimum absolute atomic E-state index is 0.176. The van der Waals surface area contributed by atoms with E-state index in [1.807, 2.05) is 44.2 Å². The Balaban J connectivity index is 1.69. The number of hydrogen-bond donors (Lipinski definition) is 1. The normalized spacial score (nSPS) is 11.9. The molecule has 8 heteroatoms. The number of aryl methyl sites for hydroxylation is 1. The van der Waals surface area contributed by atoms with Crippen LogP contribution < -0.4 is 10.1 Å². The standard InChI is InChI=1S/C20H20ClN3O3S/c1-4-26-17-8-6-5-7-15(17)19-23-24-20(27-19)28-13(3)18(25)22-16-11-14(21)10-9-12(16)2/h5-11,13H,4H2,1-3H3,(H,22,25)/t13-/m0/s1. The maximum atomic E-state index is 12.5. The number of carbonyl (C=O) groups excluding carboxylic acids is 1. The van der Waals surface area contributed by atoms with Crippen LogP contribution in [0.1, 0.15) is 19.4 Å². The van der Waals surface area contributed by atoms with E-state index in [9.17, 15) is 4.79 Å². The second-order valence-corrected chi connectivity index (χ2v) is 7.74. The van der Waals surface area contributed by atoms with Crippen molar-refractivity contribution >= 4 is 35.0 Å². The first-order chi connectivity index (χ1) is 13.5. The van der Waals surface area contributed by atoms with Crippen molar-refractivity contribution in [3.05, 3.63) is 53.1 Å². The number of benzene rings is 2. The quantitative estimate of drug-likeness (QED) is 0.531. The van der Waals surface area contributed by atoms with E-state index < -0.39 is 5.25 Å². The Morgan fingerprint density at radius 2 is 2.07 bits per heavy atom. The fourth-order valence-corrected chi connectivity index (χ4v) is 3.31. The maximum Gasteiger partial charge on any atom is 0.277 e. The van der Waals surface area contributed by atoms with Gasteiger partial charge in [0.05, 0.1) is 17.4 Å². The van der Waals surface area contributed by atoms with Gasteiger partial charge in [-0.1, -0.05) is 41.6 Å². The fraction of sp³-hybridized carbons (Fsp3) is 0.250. The predicted molar refractivity (Wildman–Crippen MR) is 111 cm³/mol. The Hall–Kier alpha value is -2.51. The van der Waals surface area contributed by atoms with Crippen LogP contribution in [-0.4, -0.2) is 28.0 Å². The molecule has 3 rings (SSSR count). The minimum atomic E-state index is -0.436. The van der Waals surface area contributed by atoms with Crippen molar-refractivity contribution in [3.8, 4) is 17.2 Å². The molecule has 0 aliphatic rings. The average Bonchev–Trinajstić information content (AvgIpc) is 3.13. The Morgan fingerprint density at radius 3 is 2.86 bits per heavy atom. The minimum Gasteiger partial charge on any atom is -0.493 e. The lowest BCUT2D eigenvalue weighted by Gasteiger charge is -2.12. The van der Waals surface area contributed by atoms with E-state index in [2.05, 4.69) is 15.5 Å². The summed E-state index contributed by atoms with van der Waals surface area (Å²) >= 11 is 7.20. The van der Waals surface area contributed by atoms with Gasteiger partial charge in [-0.3, -0.25) is 4.79 Å². The molecule has 1 atom stereocenters. The van der Waals surface area contributed by atoms with Gasteiger partial charge in [-0.05, 0) is 50.6 Å². The van der Waals surface area contributed by atoms with Crippen molar-refractivity contribution in [1.82, 2.24) is 10.2 Å². The van der Waals surface area contributed by atoms with E-state index in [1.54, 1.807) is 19.1 Å². The number of amides is 1. The van der Waals surface area contributed by atoms with Gasteiger partial charge in [0.25, 0.3) is 11.1 Å². The third kappa shape index (κ3) is 4.85. The van der Waals surface area contributed by atoms with Gasteiger partial charge in [0, 0.05) is 10.7 Å². The molecule has 2 aromatic carbocycles.